The Morgan fingerprint density at radius 1 is 1.28 bits per heavy atom. The first-order valence-corrected chi connectivity index (χ1v) is 9.84. The normalized spacial score (nSPS) is 17.3. The fourth-order valence-corrected chi connectivity index (χ4v) is 3.74. The Bertz CT molecular complexity index is 943. The zero-order valence-corrected chi connectivity index (χ0v) is 16.6. The summed E-state index contributed by atoms with van der Waals surface area (Å²) in [7, 11) is 0. The molecule has 0 aliphatic carbocycles. The molecule has 0 spiro atoms. The van der Waals surface area contributed by atoms with Crippen LogP contribution in [0, 0.1) is 5.92 Å². The molecule has 1 aromatic carbocycles. The molecule has 1 unspecified atom stereocenters. The van der Waals surface area contributed by atoms with E-state index in [-0.39, 0.29) is 23.2 Å². The van der Waals surface area contributed by atoms with Gasteiger partial charge in [0.2, 0.25) is 5.91 Å². The molecular weight excluding hydrogens is 396 g/mol. The van der Waals surface area contributed by atoms with Crippen LogP contribution in [0.15, 0.2) is 35.7 Å². The van der Waals surface area contributed by atoms with Crippen molar-refractivity contribution < 1.29 is 24.3 Å². The van der Waals surface area contributed by atoms with Crippen LogP contribution in [0.1, 0.15) is 42.4 Å². The average Bonchev–Trinajstić information content (AvgIpc) is 3.25. The van der Waals surface area contributed by atoms with Gasteiger partial charge in [0, 0.05) is 5.38 Å². The van der Waals surface area contributed by atoms with E-state index >= 15 is 0 Å². The van der Waals surface area contributed by atoms with Crippen molar-refractivity contribution in [2.24, 2.45) is 5.92 Å². The molecule has 152 valence electrons. The first kappa shape index (κ1) is 20.5. The number of urea groups is 1. The van der Waals surface area contributed by atoms with E-state index in [1.165, 1.54) is 5.38 Å². The predicted octanol–water partition coefficient (Wildman–Crippen LogP) is 2.49. The molecule has 1 fully saturated rings. The van der Waals surface area contributed by atoms with Crippen molar-refractivity contribution in [2.45, 2.75) is 32.4 Å². The van der Waals surface area contributed by atoms with Gasteiger partial charge in [-0.3, -0.25) is 9.59 Å². The lowest BCUT2D eigenvalue weighted by molar-refractivity contribution is -0.134. The molecule has 1 aromatic heterocycles. The van der Waals surface area contributed by atoms with E-state index in [0.29, 0.717) is 5.56 Å². The molecule has 1 saturated heterocycles. The summed E-state index contributed by atoms with van der Waals surface area (Å²) in [6.07, 6.45) is 0.254. The molecule has 0 bridgehead atoms. The fourth-order valence-electron chi connectivity index (χ4n) is 3.05. The van der Waals surface area contributed by atoms with E-state index in [0.717, 1.165) is 16.2 Å². The van der Waals surface area contributed by atoms with Gasteiger partial charge in [-0.15, -0.1) is 11.3 Å². The van der Waals surface area contributed by atoms with Crippen LogP contribution in [0.4, 0.5) is 9.93 Å². The molecular formula is C19H20N4O5S. The second-order valence-corrected chi connectivity index (χ2v) is 7.84. The fraction of sp³-hybridized carbons (Fsp3) is 0.316. The number of rotatable bonds is 7. The monoisotopic (exact) mass is 416 g/mol. The number of carbonyl (C=O) groups excluding carboxylic acids is 3. The number of aromatic carboxylic acids is 1. The lowest BCUT2D eigenvalue weighted by Gasteiger charge is -2.25. The lowest BCUT2D eigenvalue weighted by atomic mass is 10.0. The second kappa shape index (κ2) is 8.39. The molecule has 4 amide bonds. The molecule has 2 atom stereocenters. The van der Waals surface area contributed by atoms with Gasteiger partial charge >= 0.3 is 12.0 Å². The van der Waals surface area contributed by atoms with E-state index in [2.05, 4.69) is 15.6 Å². The summed E-state index contributed by atoms with van der Waals surface area (Å²) < 4.78 is 0. The van der Waals surface area contributed by atoms with Gasteiger partial charge in [-0.1, -0.05) is 44.2 Å². The number of carboxylic acids is 1. The van der Waals surface area contributed by atoms with Gasteiger partial charge in [0.25, 0.3) is 5.91 Å². The smallest absolute Gasteiger partial charge is 0.355 e. The third-order valence-electron chi connectivity index (χ3n) is 4.37. The van der Waals surface area contributed by atoms with Crippen LogP contribution in [0.25, 0.3) is 0 Å². The second-order valence-electron chi connectivity index (χ2n) is 6.98. The molecule has 29 heavy (non-hydrogen) atoms. The van der Waals surface area contributed by atoms with Crippen molar-refractivity contribution in [1.29, 1.82) is 0 Å². The van der Waals surface area contributed by atoms with E-state index < -0.39 is 35.9 Å². The van der Waals surface area contributed by atoms with Gasteiger partial charge in [-0.2, -0.15) is 0 Å². The number of hydrogen-bond donors (Lipinski definition) is 3. The standard InChI is InChI=1S/C19H20N4O5S/c1-10(2)8-13(15(24)22-18-20-12(9-29-18)17(26)27)23-16(25)14(21-19(23)28)11-6-4-3-5-7-11/h3-7,9-10,13-14H,8H2,1-2H3,(H,21,28)(H,26,27)(H,20,22,24)/t13?,14-/m1/s1. The number of benzene rings is 1. The quantitative estimate of drug-likeness (QED) is 0.595. The molecule has 2 aromatic rings. The van der Waals surface area contributed by atoms with Crippen molar-refractivity contribution in [3.05, 3.63) is 47.0 Å². The first-order chi connectivity index (χ1) is 13.8. The zero-order valence-electron chi connectivity index (χ0n) is 15.8. The highest BCUT2D eigenvalue weighted by Crippen LogP contribution is 2.27. The summed E-state index contributed by atoms with van der Waals surface area (Å²) in [4.78, 5) is 54.1. The van der Waals surface area contributed by atoms with Crippen molar-refractivity contribution >= 4 is 40.3 Å². The van der Waals surface area contributed by atoms with Gasteiger partial charge in [0.05, 0.1) is 0 Å². The van der Waals surface area contributed by atoms with Crippen LogP contribution < -0.4 is 10.6 Å². The van der Waals surface area contributed by atoms with Gasteiger partial charge in [0.1, 0.15) is 12.1 Å². The molecule has 0 saturated carbocycles. The Kier molecular flexibility index (Phi) is 5.92. The number of amides is 4. The molecule has 10 heteroatoms. The van der Waals surface area contributed by atoms with Crippen molar-refractivity contribution in [3.8, 4) is 0 Å². The van der Waals surface area contributed by atoms with Crippen LogP contribution in [-0.4, -0.2) is 44.8 Å². The number of hydrogen-bond acceptors (Lipinski definition) is 6. The van der Waals surface area contributed by atoms with Crippen LogP contribution in [0.2, 0.25) is 0 Å². The third kappa shape index (κ3) is 4.43. The highest BCUT2D eigenvalue weighted by Gasteiger charge is 2.45. The van der Waals surface area contributed by atoms with Crippen molar-refractivity contribution in [2.75, 3.05) is 5.32 Å². The van der Waals surface area contributed by atoms with Gasteiger partial charge in [-0.25, -0.2) is 19.5 Å². The maximum Gasteiger partial charge on any atom is 0.355 e. The van der Waals surface area contributed by atoms with Crippen LogP contribution in [0.5, 0.6) is 0 Å². The van der Waals surface area contributed by atoms with Crippen molar-refractivity contribution in [1.82, 2.24) is 15.2 Å². The van der Waals surface area contributed by atoms with E-state index in [1.54, 1.807) is 30.3 Å². The maximum atomic E-state index is 13.0. The SMILES string of the molecule is CC(C)CC(C(=O)Nc1nc(C(=O)O)cs1)N1C(=O)N[C@H](c2ccccc2)C1=O. The summed E-state index contributed by atoms with van der Waals surface area (Å²) in [5, 5.41) is 15.5. The number of nitrogens with zero attached hydrogens (tertiary/aromatic N) is 2. The Labute approximate surface area is 170 Å². The third-order valence-corrected chi connectivity index (χ3v) is 5.12. The molecule has 3 rings (SSSR count). The summed E-state index contributed by atoms with van der Waals surface area (Å²) in [5.41, 5.74) is 0.438. The summed E-state index contributed by atoms with van der Waals surface area (Å²) in [6, 6.07) is 6.24. The van der Waals surface area contributed by atoms with Gasteiger partial charge in [0.15, 0.2) is 10.8 Å². The number of imide groups is 1. The minimum absolute atomic E-state index is 0.0213. The minimum Gasteiger partial charge on any atom is -0.476 e. The summed E-state index contributed by atoms with van der Waals surface area (Å²) in [6.45, 7) is 3.75. The number of carbonyl (C=O) groups is 4. The molecule has 3 N–H and O–H groups in total. The van der Waals surface area contributed by atoms with Crippen LogP contribution in [0.3, 0.4) is 0 Å². The lowest BCUT2D eigenvalue weighted by Crippen LogP contribution is -2.48. The predicted molar refractivity (Wildman–Crippen MR) is 106 cm³/mol. The molecule has 9 nitrogen and oxygen atoms in total. The van der Waals surface area contributed by atoms with Gasteiger partial charge < -0.3 is 15.7 Å². The molecule has 2 heterocycles. The zero-order chi connectivity index (χ0) is 21.1. The molecule has 1 aliphatic heterocycles. The van der Waals surface area contributed by atoms with Crippen LogP contribution in [-0.2, 0) is 9.59 Å². The van der Waals surface area contributed by atoms with E-state index in [9.17, 15) is 19.2 Å². The van der Waals surface area contributed by atoms with Gasteiger partial charge in [-0.05, 0) is 17.9 Å². The Hall–Kier alpha value is -3.27. The first-order valence-electron chi connectivity index (χ1n) is 8.96. The Morgan fingerprint density at radius 3 is 2.55 bits per heavy atom. The summed E-state index contributed by atoms with van der Waals surface area (Å²) >= 11 is 0.956. The minimum atomic E-state index is -1.21. The Morgan fingerprint density at radius 2 is 1.97 bits per heavy atom. The number of aromatic nitrogens is 1. The molecule has 1 aliphatic rings. The Balaban J connectivity index is 1.83. The highest BCUT2D eigenvalue weighted by atomic mass is 32.1. The number of nitrogens with one attached hydrogen (secondary N) is 2. The number of thiazole rings is 1. The number of anilines is 1. The molecule has 0 radical (unpaired) electrons. The largest absolute Gasteiger partial charge is 0.476 e. The van der Waals surface area contributed by atoms with E-state index in [1.807, 2.05) is 13.8 Å². The van der Waals surface area contributed by atoms with E-state index in [4.69, 9.17) is 5.11 Å². The topological polar surface area (TPSA) is 129 Å². The van der Waals surface area contributed by atoms with Crippen LogP contribution >= 0.6 is 11.3 Å². The number of carboxylic acid groups (broad SMARTS) is 1. The summed E-state index contributed by atoms with van der Waals surface area (Å²) in [5.74, 6) is -2.29. The highest BCUT2D eigenvalue weighted by molar-refractivity contribution is 7.14. The maximum absolute atomic E-state index is 13.0. The average molecular weight is 416 g/mol. The van der Waals surface area contributed by atoms with Crippen molar-refractivity contribution in [3.63, 3.8) is 0 Å².